The number of benzene rings is 1. The molecular weight excluding hydrogens is 342 g/mol. The number of hydrogen-bond donors (Lipinski definition) is 2. The van der Waals surface area contributed by atoms with Gasteiger partial charge in [0.05, 0.1) is 36.0 Å². The number of nitrogens with zero attached hydrogens (tertiary/aromatic N) is 2. The molecule has 1 saturated carbocycles. The maximum atomic E-state index is 13.1. The number of esters is 1. The van der Waals surface area contributed by atoms with Gasteiger partial charge in [-0.1, -0.05) is 12.1 Å². The average molecular weight is 360 g/mol. The summed E-state index contributed by atoms with van der Waals surface area (Å²) in [5.74, 6) is -0.447. The molecule has 1 aromatic heterocycles. The molecular formula is C18H18F2N4O2. The van der Waals surface area contributed by atoms with E-state index in [1.807, 2.05) is 6.07 Å². The van der Waals surface area contributed by atoms with Gasteiger partial charge in [-0.15, -0.1) is 0 Å². The van der Waals surface area contributed by atoms with Crippen LogP contribution >= 0.6 is 0 Å². The van der Waals surface area contributed by atoms with Gasteiger partial charge < -0.3 is 10.1 Å². The van der Waals surface area contributed by atoms with Gasteiger partial charge in [0, 0.05) is 17.8 Å². The monoisotopic (exact) mass is 360 g/mol. The second-order valence-corrected chi connectivity index (χ2v) is 6.07. The number of fused-ring (bicyclic) bond motifs is 1. The van der Waals surface area contributed by atoms with Crippen molar-refractivity contribution >= 4 is 28.3 Å². The van der Waals surface area contributed by atoms with Crippen molar-refractivity contribution in [3.8, 4) is 0 Å². The highest BCUT2D eigenvalue weighted by Crippen LogP contribution is 2.29. The second kappa shape index (κ2) is 7.55. The molecule has 6 nitrogen and oxygen atoms in total. The van der Waals surface area contributed by atoms with Gasteiger partial charge in [0.15, 0.2) is 0 Å². The van der Waals surface area contributed by atoms with Crippen LogP contribution in [0.1, 0.15) is 18.5 Å². The molecule has 0 amide bonds. The predicted molar refractivity (Wildman–Crippen MR) is 92.9 cm³/mol. The molecule has 1 aromatic carbocycles. The van der Waals surface area contributed by atoms with Crippen LogP contribution in [0.3, 0.4) is 0 Å². The first-order valence-corrected chi connectivity index (χ1v) is 8.12. The van der Waals surface area contributed by atoms with Crippen LogP contribution in [-0.4, -0.2) is 41.2 Å². The Morgan fingerprint density at radius 1 is 1.35 bits per heavy atom. The Morgan fingerprint density at radius 3 is 2.69 bits per heavy atom. The van der Waals surface area contributed by atoms with E-state index >= 15 is 0 Å². The van der Waals surface area contributed by atoms with Crippen LogP contribution in [0.15, 0.2) is 36.7 Å². The van der Waals surface area contributed by atoms with E-state index in [0.29, 0.717) is 23.9 Å². The first kappa shape index (κ1) is 17.9. The fraction of sp³-hybridized carbons (Fsp3) is 0.333. The number of carbonyl (C=O) groups is 1. The molecule has 0 aliphatic heterocycles. The third-order valence-electron chi connectivity index (χ3n) is 4.37. The van der Waals surface area contributed by atoms with Crippen molar-refractivity contribution < 1.29 is 18.3 Å². The zero-order chi connectivity index (χ0) is 18.7. The third-order valence-corrected chi connectivity index (χ3v) is 4.37. The molecule has 1 aliphatic rings. The van der Waals surface area contributed by atoms with Crippen molar-refractivity contribution in [3.63, 3.8) is 0 Å². The fourth-order valence-corrected chi connectivity index (χ4v) is 2.81. The molecule has 8 heteroatoms. The van der Waals surface area contributed by atoms with E-state index in [4.69, 9.17) is 5.41 Å². The lowest BCUT2D eigenvalue weighted by Gasteiger charge is -2.33. The number of halogens is 2. The lowest BCUT2D eigenvalue weighted by atomic mass is 9.80. The Bertz CT molecular complexity index is 863. The number of nitrogens with one attached hydrogen (secondary N) is 2. The lowest BCUT2D eigenvalue weighted by Crippen LogP contribution is -2.42. The van der Waals surface area contributed by atoms with Crippen LogP contribution in [-0.2, 0) is 9.53 Å². The molecule has 0 radical (unpaired) electrons. The first-order valence-electron chi connectivity index (χ1n) is 8.12. The number of para-hydroxylation sites is 2. The molecule has 136 valence electrons. The van der Waals surface area contributed by atoms with E-state index in [2.05, 4.69) is 20.0 Å². The highest BCUT2D eigenvalue weighted by atomic mass is 19.3. The van der Waals surface area contributed by atoms with Crippen LogP contribution in [0.2, 0.25) is 0 Å². The average Bonchev–Trinajstić information content (AvgIpc) is 2.62. The fourth-order valence-electron chi connectivity index (χ4n) is 2.81. The van der Waals surface area contributed by atoms with Gasteiger partial charge in [-0.25, -0.2) is 13.8 Å². The van der Waals surface area contributed by atoms with Gasteiger partial charge in [0.2, 0.25) is 0 Å². The van der Waals surface area contributed by atoms with E-state index in [0.717, 1.165) is 0 Å². The van der Waals surface area contributed by atoms with E-state index in [1.165, 1.54) is 19.5 Å². The van der Waals surface area contributed by atoms with E-state index in [-0.39, 0.29) is 29.2 Å². The van der Waals surface area contributed by atoms with Gasteiger partial charge in [-0.3, -0.25) is 15.2 Å². The molecule has 1 heterocycles. The Morgan fingerprint density at radius 2 is 2.04 bits per heavy atom. The van der Waals surface area contributed by atoms with Crippen LogP contribution in [0.5, 0.6) is 0 Å². The zero-order valence-electron chi connectivity index (χ0n) is 14.1. The molecule has 1 fully saturated rings. The van der Waals surface area contributed by atoms with Crippen LogP contribution in [0.4, 0.5) is 8.78 Å². The summed E-state index contributed by atoms with van der Waals surface area (Å²) < 4.78 is 30.9. The Labute approximate surface area is 148 Å². The molecule has 1 aliphatic carbocycles. The molecule has 2 N–H and O–H groups in total. The summed E-state index contributed by atoms with van der Waals surface area (Å²) in [5.41, 5.74) is 0.565. The molecule has 0 saturated heterocycles. The molecule has 2 aromatic rings. The SMILES string of the molecule is COC(=O)C1CC(N/C=C(\C(=N)C(F)F)c2cnc3ccccc3n2)C1. The van der Waals surface area contributed by atoms with Crippen molar-refractivity contribution in [1.29, 1.82) is 5.41 Å². The van der Waals surface area contributed by atoms with Gasteiger partial charge in [-0.2, -0.15) is 0 Å². The minimum absolute atomic E-state index is 0.0141. The molecule has 0 unspecified atom stereocenters. The topological polar surface area (TPSA) is 88.0 Å². The normalized spacial score (nSPS) is 19.9. The van der Waals surface area contributed by atoms with Gasteiger partial charge >= 0.3 is 5.97 Å². The van der Waals surface area contributed by atoms with Crippen molar-refractivity contribution in [2.45, 2.75) is 25.3 Å². The Hall–Kier alpha value is -2.90. The van der Waals surface area contributed by atoms with Gasteiger partial charge in [0.1, 0.15) is 5.71 Å². The summed E-state index contributed by atoms with van der Waals surface area (Å²) in [7, 11) is 1.34. The number of allylic oxidation sites excluding steroid dienone is 1. The number of ether oxygens (including phenoxy) is 1. The van der Waals surface area contributed by atoms with Crippen molar-refractivity contribution in [3.05, 3.63) is 42.4 Å². The first-order chi connectivity index (χ1) is 12.5. The number of carbonyl (C=O) groups excluding carboxylic acids is 1. The zero-order valence-corrected chi connectivity index (χ0v) is 14.1. The number of methoxy groups -OCH3 is 1. The highest BCUT2D eigenvalue weighted by molar-refractivity contribution is 6.23. The van der Waals surface area contributed by atoms with Crippen LogP contribution < -0.4 is 5.32 Å². The number of rotatable bonds is 6. The summed E-state index contributed by atoms with van der Waals surface area (Å²) in [4.78, 5) is 20.0. The van der Waals surface area contributed by atoms with Gasteiger partial charge in [-0.05, 0) is 25.0 Å². The Kier molecular flexibility index (Phi) is 5.20. The number of hydrogen-bond acceptors (Lipinski definition) is 6. The summed E-state index contributed by atoms with van der Waals surface area (Å²) in [6, 6.07) is 7.06. The Balaban J connectivity index is 1.81. The van der Waals surface area contributed by atoms with Crippen molar-refractivity contribution in [1.82, 2.24) is 15.3 Å². The minimum Gasteiger partial charge on any atom is -0.469 e. The molecule has 0 atom stereocenters. The molecule has 26 heavy (non-hydrogen) atoms. The smallest absolute Gasteiger partial charge is 0.308 e. The standard InChI is InChI=1S/C18H18F2N4O2/c1-26-18(25)10-6-11(7-10)22-8-12(16(21)17(19)20)15-9-23-13-4-2-3-5-14(13)24-15/h2-5,8-11,17,21-22H,6-7H2,1H3/b12-8-,21-16?. The van der Waals surface area contributed by atoms with Crippen LogP contribution in [0, 0.1) is 11.3 Å². The third kappa shape index (κ3) is 3.68. The largest absolute Gasteiger partial charge is 0.469 e. The van der Waals surface area contributed by atoms with Crippen molar-refractivity contribution in [2.24, 2.45) is 5.92 Å². The summed E-state index contributed by atoms with van der Waals surface area (Å²) in [6.45, 7) is 0. The predicted octanol–water partition coefficient (Wildman–Crippen LogP) is 2.80. The quantitative estimate of drug-likeness (QED) is 0.611. The van der Waals surface area contributed by atoms with Crippen molar-refractivity contribution in [2.75, 3.05) is 7.11 Å². The summed E-state index contributed by atoms with van der Waals surface area (Å²) in [6.07, 6.45) is 0.931. The van der Waals surface area contributed by atoms with Gasteiger partial charge in [0.25, 0.3) is 6.43 Å². The number of alkyl halides is 2. The maximum Gasteiger partial charge on any atom is 0.308 e. The van der Waals surface area contributed by atoms with E-state index in [1.54, 1.807) is 18.2 Å². The van der Waals surface area contributed by atoms with Crippen LogP contribution in [0.25, 0.3) is 16.6 Å². The van der Waals surface area contributed by atoms with E-state index in [9.17, 15) is 13.6 Å². The molecule has 3 rings (SSSR count). The van der Waals surface area contributed by atoms with E-state index < -0.39 is 12.1 Å². The minimum atomic E-state index is -2.93. The molecule has 0 spiro atoms. The maximum absolute atomic E-state index is 13.1. The molecule has 0 bridgehead atoms. The summed E-state index contributed by atoms with van der Waals surface area (Å²) in [5, 5.41) is 10.7. The summed E-state index contributed by atoms with van der Waals surface area (Å²) >= 11 is 0. The number of aromatic nitrogens is 2. The second-order valence-electron chi connectivity index (χ2n) is 6.07. The highest BCUT2D eigenvalue weighted by Gasteiger charge is 2.35. The lowest BCUT2D eigenvalue weighted by molar-refractivity contribution is -0.149.